The fourth-order valence-corrected chi connectivity index (χ4v) is 3.80. The van der Waals surface area contributed by atoms with Gasteiger partial charge in [-0.2, -0.15) is 0 Å². The zero-order chi connectivity index (χ0) is 18.7. The molecule has 0 saturated heterocycles. The lowest BCUT2D eigenvalue weighted by atomic mass is 9.97. The molecule has 1 aromatic carbocycles. The Hall–Kier alpha value is -2.38. The number of hydrogen-bond donors (Lipinski definition) is 3. The summed E-state index contributed by atoms with van der Waals surface area (Å²) < 4.78 is 0. The lowest BCUT2D eigenvalue weighted by Gasteiger charge is -2.25. The summed E-state index contributed by atoms with van der Waals surface area (Å²) in [4.78, 5) is 36.9. The Morgan fingerprint density at radius 1 is 1.12 bits per heavy atom. The van der Waals surface area contributed by atoms with E-state index in [0.29, 0.717) is 28.4 Å². The highest BCUT2D eigenvalue weighted by molar-refractivity contribution is 7.12. The van der Waals surface area contributed by atoms with Gasteiger partial charge < -0.3 is 15.7 Å². The molecule has 136 valence electrons. The van der Waals surface area contributed by atoms with Gasteiger partial charge in [-0.25, -0.2) is 4.79 Å². The number of carboxylic acid groups (broad SMARTS) is 1. The third-order valence-corrected chi connectivity index (χ3v) is 5.64. The molecule has 26 heavy (non-hydrogen) atoms. The molecule has 6 nitrogen and oxygen atoms in total. The molecule has 1 aliphatic carbocycles. The number of carbonyl (C=O) groups excluding carboxylic acids is 2. The van der Waals surface area contributed by atoms with E-state index in [1.807, 2.05) is 0 Å². The number of halogens is 1. The van der Waals surface area contributed by atoms with Crippen LogP contribution in [0.1, 0.15) is 45.7 Å². The maximum atomic E-state index is 12.6. The van der Waals surface area contributed by atoms with Gasteiger partial charge in [0.1, 0.15) is 5.54 Å². The second kappa shape index (κ2) is 7.47. The molecule has 3 N–H and O–H groups in total. The van der Waals surface area contributed by atoms with Gasteiger partial charge in [-0.1, -0.05) is 30.5 Å². The lowest BCUT2D eigenvalue weighted by molar-refractivity contribution is -0.144. The maximum Gasteiger partial charge on any atom is 0.329 e. The summed E-state index contributed by atoms with van der Waals surface area (Å²) in [5.41, 5.74) is -0.686. The van der Waals surface area contributed by atoms with Gasteiger partial charge in [0, 0.05) is 5.56 Å². The van der Waals surface area contributed by atoms with Gasteiger partial charge in [0.15, 0.2) is 0 Å². The SMILES string of the molecule is O=C(NC1(C(=O)O)CCCC1)c1ccc(Cl)c(NC(=O)c2cccs2)c1. The fourth-order valence-electron chi connectivity index (χ4n) is 3.01. The Kier molecular flexibility index (Phi) is 5.29. The molecular formula is C18H17ClN2O4S. The Morgan fingerprint density at radius 3 is 2.46 bits per heavy atom. The lowest BCUT2D eigenvalue weighted by Crippen LogP contribution is -2.52. The molecule has 0 bridgehead atoms. The molecule has 1 aromatic heterocycles. The van der Waals surface area contributed by atoms with E-state index >= 15 is 0 Å². The van der Waals surface area contributed by atoms with Crippen LogP contribution in [0.25, 0.3) is 0 Å². The molecular weight excluding hydrogens is 376 g/mol. The highest BCUT2D eigenvalue weighted by Gasteiger charge is 2.42. The van der Waals surface area contributed by atoms with E-state index in [1.54, 1.807) is 17.5 Å². The van der Waals surface area contributed by atoms with Crippen LogP contribution in [0.5, 0.6) is 0 Å². The number of carbonyl (C=O) groups is 3. The number of amides is 2. The van der Waals surface area contributed by atoms with Gasteiger partial charge in [-0.3, -0.25) is 9.59 Å². The third-order valence-electron chi connectivity index (χ3n) is 4.44. The zero-order valence-electron chi connectivity index (χ0n) is 13.8. The quantitative estimate of drug-likeness (QED) is 0.721. The van der Waals surface area contributed by atoms with Crippen LogP contribution >= 0.6 is 22.9 Å². The molecule has 0 atom stereocenters. The Labute approximate surface area is 159 Å². The standard InChI is InChI=1S/C18H17ClN2O4S/c19-12-6-5-11(10-13(12)20-16(23)14-4-3-9-26-14)15(22)21-18(17(24)25)7-1-2-8-18/h3-6,9-10H,1-2,7-8H2,(H,20,23)(H,21,22)(H,24,25). The maximum absolute atomic E-state index is 12.6. The van der Waals surface area contributed by atoms with Crippen molar-refractivity contribution in [3.8, 4) is 0 Å². The normalized spacial score (nSPS) is 15.4. The molecule has 2 amide bonds. The number of aliphatic carboxylic acids is 1. The van der Waals surface area contributed by atoms with Crippen molar-refractivity contribution in [1.29, 1.82) is 0 Å². The summed E-state index contributed by atoms with van der Waals surface area (Å²) >= 11 is 7.41. The van der Waals surface area contributed by atoms with Crippen LogP contribution in [0.15, 0.2) is 35.7 Å². The van der Waals surface area contributed by atoms with Gasteiger partial charge in [0.2, 0.25) is 0 Å². The van der Waals surface area contributed by atoms with Crippen LogP contribution in [0.3, 0.4) is 0 Å². The molecule has 8 heteroatoms. The molecule has 0 spiro atoms. The fraction of sp³-hybridized carbons (Fsp3) is 0.278. The van der Waals surface area contributed by atoms with Crippen LogP contribution in [0.2, 0.25) is 5.02 Å². The third kappa shape index (κ3) is 3.73. The van der Waals surface area contributed by atoms with Crippen LogP contribution in [-0.2, 0) is 4.79 Å². The number of nitrogens with one attached hydrogen (secondary N) is 2. The van der Waals surface area contributed by atoms with E-state index in [1.165, 1.54) is 29.5 Å². The minimum atomic E-state index is -1.23. The Morgan fingerprint density at radius 2 is 1.85 bits per heavy atom. The first-order valence-electron chi connectivity index (χ1n) is 8.12. The first kappa shape index (κ1) is 18.4. The highest BCUT2D eigenvalue weighted by atomic mass is 35.5. The molecule has 2 aromatic rings. The van der Waals surface area contributed by atoms with Crippen molar-refractivity contribution >= 4 is 46.4 Å². The van der Waals surface area contributed by atoms with Crippen molar-refractivity contribution in [1.82, 2.24) is 5.32 Å². The Balaban J connectivity index is 1.79. The highest BCUT2D eigenvalue weighted by Crippen LogP contribution is 2.31. The summed E-state index contributed by atoms with van der Waals surface area (Å²) in [6, 6.07) is 7.90. The van der Waals surface area contributed by atoms with Crippen LogP contribution in [0.4, 0.5) is 5.69 Å². The summed E-state index contributed by atoms with van der Waals surface area (Å²) in [5.74, 6) is -1.85. The van der Waals surface area contributed by atoms with E-state index < -0.39 is 17.4 Å². The largest absolute Gasteiger partial charge is 0.480 e. The number of rotatable bonds is 5. The summed E-state index contributed by atoms with van der Waals surface area (Å²) in [5, 5.41) is 16.9. The van der Waals surface area contributed by atoms with Crippen molar-refractivity contribution < 1.29 is 19.5 Å². The number of hydrogen-bond acceptors (Lipinski definition) is 4. The number of benzene rings is 1. The van der Waals surface area contributed by atoms with Crippen molar-refractivity contribution in [2.75, 3.05) is 5.32 Å². The molecule has 0 aliphatic heterocycles. The smallest absolute Gasteiger partial charge is 0.329 e. The van der Waals surface area contributed by atoms with Gasteiger partial charge in [0.25, 0.3) is 11.8 Å². The van der Waals surface area contributed by atoms with Crippen LogP contribution < -0.4 is 10.6 Å². The van der Waals surface area contributed by atoms with Crippen molar-refractivity contribution in [2.24, 2.45) is 0 Å². The second-order valence-electron chi connectivity index (χ2n) is 6.17. The summed E-state index contributed by atoms with van der Waals surface area (Å²) in [6.45, 7) is 0. The van der Waals surface area contributed by atoms with Crippen molar-refractivity contribution in [3.05, 3.63) is 51.2 Å². The number of thiophene rings is 1. The first-order valence-corrected chi connectivity index (χ1v) is 9.37. The minimum absolute atomic E-state index is 0.239. The monoisotopic (exact) mass is 392 g/mol. The minimum Gasteiger partial charge on any atom is -0.480 e. The summed E-state index contributed by atoms with van der Waals surface area (Å²) in [6.07, 6.45) is 2.33. The van der Waals surface area contributed by atoms with Crippen molar-refractivity contribution in [3.63, 3.8) is 0 Å². The molecule has 3 rings (SSSR count). The molecule has 1 saturated carbocycles. The Bertz CT molecular complexity index is 845. The second-order valence-corrected chi connectivity index (χ2v) is 7.53. The van der Waals surface area contributed by atoms with Crippen LogP contribution in [-0.4, -0.2) is 28.4 Å². The summed E-state index contributed by atoms with van der Waals surface area (Å²) in [7, 11) is 0. The molecule has 0 unspecified atom stereocenters. The van der Waals surface area contributed by atoms with Gasteiger partial charge in [-0.05, 0) is 42.5 Å². The zero-order valence-corrected chi connectivity index (χ0v) is 15.3. The van der Waals surface area contributed by atoms with Crippen molar-refractivity contribution in [2.45, 2.75) is 31.2 Å². The molecule has 1 aliphatic rings. The number of carboxylic acids is 1. The van der Waals surface area contributed by atoms with Gasteiger partial charge in [0.05, 0.1) is 15.6 Å². The number of anilines is 1. The van der Waals surface area contributed by atoms with E-state index in [-0.39, 0.29) is 11.5 Å². The van der Waals surface area contributed by atoms with Gasteiger partial charge in [-0.15, -0.1) is 11.3 Å². The predicted octanol–water partition coefficient (Wildman–Crippen LogP) is 3.78. The average Bonchev–Trinajstić information content (AvgIpc) is 3.29. The van der Waals surface area contributed by atoms with E-state index in [4.69, 9.17) is 11.6 Å². The predicted molar refractivity (Wildman–Crippen MR) is 100 cm³/mol. The van der Waals surface area contributed by atoms with E-state index in [9.17, 15) is 19.5 Å². The molecule has 0 radical (unpaired) electrons. The molecule has 1 heterocycles. The molecule has 1 fully saturated rings. The van der Waals surface area contributed by atoms with E-state index in [2.05, 4.69) is 10.6 Å². The van der Waals surface area contributed by atoms with E-state index in [0.717, 1.165) is 12.8 Å². The average molecular weight is 393 g/mol. The van der Waals surface area contributed by atoms with Gasteiger partial charge >= 0.3 is 5.97 Å². The first-order chi connectivity index (χ1) is 12.4. The van der Waals surface area contributed by atoms with Crippen LogP contribution in [0, 0.1) is 0 Å². The topological polar surface area (TPSA) is 95.5 Å².